The minimum absolute atomic E-state index is 0.0842. The van der Waals surface area contributed by atoms with Crippen LogP contribution in [0, 0.1) is 0 Å². The van der Waals surface area contributed by atoms with E-state index >= 15 is 0 Å². The van der Waals surface area contributed by atoms with Crippen LogP contribution < -0.4 is 11.1 Å². The van der Waals surface area contributed by atoms with E-state index < -0.39 is 5.97 Å². The Morgan fingerprint density at radius 3 is 2.44 bits per heavy atom. The van der Waals surface area contributed by atoms with E-state index in [1.807, 2.05) is 24.3 Å². The number of rotatable bonds is 7. The van der Waals surface area contributed by atoms with Crippen LogP contribution in [0.1, 0.15) is 17.5 Å². The summed E-state index contributed by atoms with van der Waals surface area (Å²) in [6.45, 7) is 2.41. The number of aliphatic carboxylic acids is 1. The Morgan fingerprint density at radius 1 is 1.25 bits per heavy atom. The second-order valence-electron chi connectivity index (χ2n) is 3.71. The lowest BCUT2D eigenvalue weighted by Crippen LogP contribution is -2.17. The van der Waals surface area contributed by atoms with Crippen molar-refractivity contribution in [3.8, 4) is 0 Å². The molecule has 16 heavy (non-hydrogen) atoms. The Bertz CT molecular complexity index is 322. The van der Waals surface area contributed by atoms with Gasteiger partial charge in [0.1, 0.15) is 0 Å². The quantitative estimate of drug-likeness (QED) is 0.595. The second kappa shape index (κ2) is 6.98. The zero-order chi connectivity index (χ0) is 11.8. The summed E-state index contributed by atoms with van der Waals surface area (Å²) in [4.78, 5) is 10.5. The number of hydrogen-bond donors (Lipinski definition) is 3. The summed E-state index contributed by atoms with van der Waals surface area (Å²) in [5.74, 6) is -0.797. The van der Waals surface area contributed by atoms with Gasteiger partial charge >= 0.3 is 5.97 Å². The summed E-state index contributed by atoms with van der Waals surface area (Å²) >= 11 is 0. The maximum atomic E-state index is 10.5. The predicted octanol–water partition coefficient (Wildman–Crippen LogP) is 0.752. The van der Waals surface area contributed by atoms with Gasteiger partial charge in [-0.15, -0.1) is 0 Å². The summed E-state index contributed by atoms with van der Waals surface area (Å²) in [5, 5.41) is 11.9. The van der Waals surface area contributed by atoms with Gasteiger partial charge in [-0.3, -0.25) is 4.79 Å². The largest absolute Gasteiger partial charge is 0.481 e. The van der Waals surface area contributed by atoms with E-state index in [0.717, 1.165) is 30.6 Å². The monoisotopic (exact) mass is 222 g/mol. The van der Waals surface area contributed by atoms with Crippen LogP contribution in [-0.4, -0.2) is 24.2 Å². The fraction of sp³-hybridized carbons (Fsp3) is 0.417. The lowest BCUT2D eigenvalue weighted by Gasteiger charge is -2.04. The Hall–Kier alpha value is -1.39. The molecule has 0 heterocycles. The van der Waals surface area contributed by atoms with Crippen LogP contribution in [-0.2, 0) is 17.8 Å². The minimum Gasteiger partial charge on any atom is -0.481 e. The van der Waals surface area contributed by atoms with E-state index in [-0.39, 0.29) is 6.42 Å². The first kappa shape index (κ1) is 12.7. The third-order valence-electron chi connectivity index (χ3n) is 2.27. The molecule has 0 aliphatic carbocycles. The standard InChI is InChI=1S/C12H18N2O2/c13-6-1-7-14-9-11-4-2-10(3-5-11)8-12(15)16/h2-5,14H,1,6-9,13H2,(H,15,16). The first-order chi connectivity index (χ1) is 7.72. The first-order valence-corrected chi connectivity index (χ1v) is 5.43. The summed E-state index contributed by atoms with van der Waals surface area (Å²) in [5.41, 5.74) is 7.37. The van der Waals surface area contributed by atoms with E-state index in [9.17, 15) is 4.79 Å². The Balaban J connectivity index is 2.36. The summed E-state index contributed by atoms with van der Waals surface area (Å²) in [6, 6.07) is 7.61. The van der Waals surface area contributed by atoms with Crippen molar-refractivity contribution in [1.29, 1.82) is 0 Å². The average Bonchev–Trinajstić information content (AvgIpc) is 2.26. The van der Waals surface area contributed by atoms with Crippen LogP contribution in [0.15, 0.2) is 24.3 Å². The molecule has 1 rings (SSSR count). The van der Waals surface area contributed by atoms with E-state index in [2.05, 4.69) is 5.32 Å². The van der Waals surface area contributed by atoms with Gasteiger partial charge in [-0.25, -0.2) is 0 Å². The molecule has 0 saturated carbocycles. The molecule has 0 unspecified atom stereocenters. The van der Waals surface area contributed by atoms with Crippen LogP contribution in [0.4, 0.5) is 0 Å². The molecule has 0 saturated heterocycles. The zero-order valence-corrected chi connectivity index (χ0v) is 9.28. The number of carbonyl (C=O) groups is 1. The third-order valence-corrected chi connectivity index (χ3v) is 2.27. The SMILES string of the molecule is NCCCNCc1ccc(CC(=O)O)cc1. The smallest absolute Gasteiger partial charge is 0.307 e. The number of carboxylic acid groups (broad SMARTS) is 1. The fourth-order valence-electron chi connectivity index (χ4n) is 1.41. The summed E-state index contributed by atoms with van der Waals surface area (Å²) in [6.07, 6.45) is 1.05. The van der Waals surface area contributed by atoms with Crippen molar-refractivity contribution in [3.63, 3.8) is 0 Å². The predicted molar refractivity (Wildman–Crippen MR) is 63.2 cm³/mol. The highest BCUT2D eigenvalue weighted by molar-refractivity contribution is 5.70. The van der Waals surface area contributed by atoms with Gasteiger partial charge < -0.3 is 16.2 Å². The molecule has 4 heteroatoms. The fourth-order valence-corrected chi connectivity index (χ4v) is 1.41. The van der Waals surface area contributed by atoms with Crippen LogP contribution in [0.3, 0.4) is 0 Å². The highest BCUT2D eigenvalue weighted by Crippen LogP contribution is 2.05. The molecule has 88 valence electrons. The number of benzene rings is 1. The number of hydrogen-bond acceptors (Lipinski definition) is 3. The zero-order valence-electron chi connectivity index (χ0n) is 9.28. The van der Waals surface area contributed by atoms with Crippen molar-refractivity contribution in [2.75, 3.05) is 13.1 Å². The van der Waals surface area contributed by atoms with Crippen molar-refractivity contribution in [1.82, 2.24) is 5.32 Å². The van der Waals surface area contributed by atoms with Gasteiger partial charge in [0.05, 0.1) is 6.42 Å². The molecule has 0 fully saturated rings. The molecule has 4 nitrogen and oxygen atoms in total. The molecule has 0 aliphatic rings. The lowest BCUT2D eigenvalue weighted by molar-refractivity contribution is -0.136. The Morgan fingerprint density at radius 2 is 1.88 bits per heavy atom. The van der Waals surface area contributed by atoms with Gasteiger partial charge in [-0.2, -0.15) is 0 Å². The van der Waals surface area contributed by atoms with Gasteiger partial charge in [0.25, 0.3) is 0 Å². The molecule has 1 aromatic rings. The van der Waals surface area contributed by atoms with Crippen molar-refractivity contribution < 1.29 is 9.90 Å². The highest BCUT2D eigenvalue weighted by Gasteiger charge is 1.99. The highest BCUT2D eigenvalue weighted by atomic mass is 16.4. The van der Waals surface area contributed by atoms with Gasteiger partial charge in [-0.1, -0.05) is 24.3 Å². The normalized spacial score (nSPS) is 10.3. The minimum atomic E-state index is -0.797. The van der Waals surface area contributed by atoms with E-state index in [1.165, 1.54) is 0 Å². The molecule has 1 aromatic carbocycles. The van der Waals surface area contributed by atoms with E-state index in [4.69, 9.17) is 10.8 Å². The molecule has 0 amide bonds. The van der Waals surface area contributed by atoms with Gasteiger partial charge in [-0.05, 0) is 30.6 Å². The van der Waals surface area contributed by atoms with E-state index in [0.29, 0.717) is 6.54 Å². The summed E-state index contributed by atoms with van der Waals surface area (Å²) in [7, 11) is 0. The van der Waals surface area contributed by atoms with Crippen LogP contribution in [0.5, 0.6) is 0 Å². The topological polar surface area (TPSA) is 75.3 Å². The van der Waals surface area contributed by atoms with Crippen molar-refractivity contribution in [3.05, 3.63) is 35.4 Å². The lowest BCUT2D eigenvalue weighted by atomic mass is 10.1. The number of nitrogens with one attached hydrogen (secondary N) is 1. The maximum absolute atomic E-state index is 10.5. The molecule has 0 spiro atoms. The Kier molecular flexibility index (Phi) is 5.53. The first-order valence-electron chi connectivity index (χ1n) is 5.43. The van der Waals surface area contributed by atoms with Crippen molar-refractivity contribution in [2.24, 2.45) is 5.73 Å². The van der Waals surface area contributed by atoms with E-state index in [1.54, 1.807) is 0 Å². The average molecular weight is 222 g/mol. The van der Waals surface area contributed by atoms with Crippen molar-refractivity contribution in [2.45, 2.75) is 19.4 Å². The number of nitrogens with two attached hydrogens (primary N) is 1. The third kappa shape index (κ3) is 4.91. The van der Waals surface area contributed by atoms with Gasteiger partial charge in [0.15, 0.2) is 0 Å². The van der Waals surface area contributed by atoms with Gasteiger partial charge in [0, 0.05) is 6.54 Å². The van der Waals surface area contributed by atoms with Crippen molar-refractivity contribution >= 4 is 5.97 Å². The van der Waals surface area contributed by atoms with Crippen LogP contribution in [0.2, 0.25) is 0 Å². The molecule has 0 radical (unpaired) electrons. The van der Waals surface area contributed by atoms with Gasteiger partial charge in [0.2, 0.25) is 0 Å². The molecule has 4 N–H and O–H groups in total. The summed E-state index contributed by atoms with van der Waals surface area (Å²) < 4.78 is 0. The molecule has 0 bridgehead atoms. The molecule has 0 atom stereocenters. The molecular weight excluding hydrogens is 204 g/mol. The molecule has 0 aromatic heterocycles. The molecular formula is C12H18N2O2. The second-order valence-corrected chi connectivity index (χ2v) is 3.71. The Labute approximate surface area is 95.5 Å². The van der Waals surface area contributed by atoms with Crippen LogP contribution >= 0.6 is 0 Å². The van der Waals surface area contributed by atoms with Crippen LogP contribution in [0.25, 0.3) is 0 Å². The molecule has 0 aliphatic heterocycles. The number of carboxylic acids is 1. The maximum Gasteiger partial charge on any atom is 0.307 e.